The molecule has 0 fully saturated rings. The predicted octanol–water partition coefficient (Wildman–Crippen LogP) is 5.37. The Bertz CT molecular complexity index is 921. The summed E-state index contributed by atoms with van der Waals surface area (Å²) in [7, 11) is 0. The number of para-hydroxylation sites is 1. The Hall–Kier alpha value is -2.54. The van der Waals surface area contributed by atoms with Gasteiger partial charge in [0.15, 0.2) is 0 Å². The molecule has 0 aliphatic heterocycles. The summed E-state index contributed by atoms with van der Waals surface area (Å²) in [4.78, 5) is 17.6. The lowest BCUT2D eigenvalue weighted by atomic mass is 10.2. The number of fused-ring (bicyclic) bond motifs is 1. The molecule has 1 heterocycles. The number of nitrogens with one attached hydrogen (secondary N) is 1. The summed E-state index contributed by atoms with van der Waals surface area (Å²) in [5, 5.41) is 3.17. The molecule has 1 atom stereocenters. The van der Waals surface area contributed by atoms with Gasteiger partial charge in [0.2, 0.25) is 5.91 Å². The second-order valence-corrected chi connectivity index (χ2v) is 7.03. The average Bonchev–Trinajstić information content (AvgIpc) is 2.61. The number of halogens is 3. The van der Waals surface area contributed by atoms with Crippen LogP contribution in [0.1, 0.15) is 12.5 Å². The van der Waals surface area contributed by atoms with Crippen molar-refractivity contribution in [1.29, 1.82) is 0 Å². The first-order valence-electron chi connectivity index (χ1n) is 7.83. The predicted molar refractivity (Wildman–Crippen MR) is 97.1 cm³/mol. The molecule has 0 saturated heterocycles. The first-order valence-corrected chi connectivity index (χ1v) is 8.71. The van der Waals surface area contributed by atoms with Gasteiger partial charge in [-0.25, -0.2) is 0 Å². The highest BCUT2D eigenvalue weighted by Crippen LogP contribution is 2.31. The van der Waals surface area contributed by atoms with Crippen molar-refractivity contribution in [2.75, 3.05) is 5.32 Å². The van der Waals surface area contributed by atoms with Crippen molar-refractivity contribution < 1.29 is 18.0 Å². The summed E-state index contributed by atoms with van der Waals surface area (Å²) >= 11 is 1.38. The number of carbonyl (C=O) groups is 1. The Kier molecular flexibility index (Phi) is 5.18. The SMILES string of the molecule is CC(Sc1ccnc2ccccc12)C(=O)Nc1ccc(C(F)(F)F)cc1. The Morgan fingerprint density at radius 1 is 1.08 bits per heavy atom. The first-order chi connectivity index (χ1) is 12.3. The highest BCUT2D eigenvalue weighted by Gasteiger charge is 2.30. The van der Waals surface area contributed by atoms with Gasteiger partial charge in [-0.3, -0.25) is 9.78 Å². The van der Waals surface area contributed by atoms with Crippen molar-refractivity contribution in [3.63, 3.8) is 0 Å². The van der Waals surface area contributed by atoms with E-state index < -0.39 is 17.0 Å². The molecule has 0 saturated carbocycles. The number of benzene rings is 2. The topological polar surface area (TPSA) is 42.0 Å². The molecule has 1 aromatic heterocycles. The molecular formula is C19H15F3N2OS. The number of hydrogen-bond donors (Lipinski definition) is 1. The van der Waals surface area contributed by atoms with Gasteiger partial charge in [0.05, 0.1) is 16.3 Å². The highest BCUT2D eigenvalue weighted by atomic mass is 32.2. The fraction of sp³-hybridized carbons (Fsp3) is 0.158. The lowest BCUT2D eigenvalue weighted by molar-refractivity contribution is -0.137. The van der Waals surface area contributed by atoms with Gasteiger partial charge in [-0.15, -0.1) is 11.8 Å². The number of alkyl halides is 3. The van der Waals surface area contributed by atoms with Crippen molar-refractivity contribution in [3.8, 4) is 0 Å². The van der Waals surface area contributed by atoms with Crippen molar-refractivity contribution in [2.45, 2.75) is 23.2 Å². The summed E-state index contributed by atoms with van der Waals surface area (Å²) in [5.41, 5.74) is 0.420. The van der Waals surface area contributed by atoms with Crippen LogP contribution in [0.5, 0.6) is 0 Å². The fourth-order valence-corrected chi connectivity index (χ4v) is 3.39. The van der Waals surface area contributed by atoms with Crippen LogP contribution in [0.15, 0.2) is 65.7 Å². The van der Waals surface area contributed by atoms with E-state index in [0.29, 0.717) is 5.69 Å². The molecule has 0 aliphatic carbocycles. The molecule has 3 rings (SSSR count). The van der Waals surface area contributed by atoms with Crippen molar-refractivity contribution in [3.05, 3.63) is 66.4 Å². The van der Waals surface area contributed by atoms with Crippen LogP contribution in [0.3, 0.4) is 0 Å². The van der Waals surface area contributed by atoms with Gasteiger partial charge >= 0.3 is 6.18 Å². The number of nitrogens with zero attached hydrogens (tertiary/aromatic N) is 1. The third-order valence-electron chi connectivity index (χ3n) is 3.76. The van der Waals surface area contributed by atoms with Crippen LogP contribution < -0.4 is 5.32 Å². The Morgan fingerprint density at radius 2 is 1.77 bits per heavy atom. The van der Waals surface area contributed by atoms with Gasteiger partial charge in [0.25, 0.3) is 0 Å². The van der Waals surface area contributed by atoms with Crippen molar-refractivity contribution in [1.82, 2.24) is 4.98 Å². The van der Waals surface area contributed by atoms with Crippen LogP contribution >= 0.6 is 11.8 Å². The second kappa shape index (κ2) is 7.37. The van der Waals surface area contributed by atoms with Crippen LogP contribution in [-0.4, -0.2) is 16.1 Å². The third kappa shape index (κ3) is 4.16. The summed E-state index contributed by atoms with van der Waals surface area (Å²) in [5.74, 6) is -0.282. The fourth-order valence-electron chi connectivity index (χ4n) is 2.40. The molecule has 0 spiro atoms. The molecule has 7 heteroatoms. The Balaban J connectivity index is 1.70. The van der Waals surface area contributed by atoms with Gasteiger partial charge in [0.1, 0.15) is 0 Å². The quantitative estimate of drug-likeness (QED) is 0.622. The summed E-state index contributed by atoms with van der Waals surface area (Å²) < 4.78 is 37.8. The zero-order valence-electron chi connectivity index (χ0n) is 13.7. The van der Waals surface area contributed by atoms with Gasteiger partial charge < -0.3 is 5.32 Å². The van der Waals surface area contributed by atoms with Gasteiger partial charge in [-0.1, -0.05) is 18.2 Å². The molecule has 1 unspecified atom stereocenters. The summed E-state index contributed by atoms with van der Waals surface area (Å²) in [6, 6.07) is 13.9. The van der Waals surface area contributed by atoms with E-state index in [1.54, 1.807) is 13.1 Å². The van der Waals surface area contributed by atoms with Crippen LogP contribution in [-0.2, 0) is 11.0 Å². The smallest absolute Gasteiger partial charge is 0.325 e. The molecular weight excluding hydrogens is 361 g/mol. The third-order valence-corrected chi connectivity index (χ3v) is 4.94. The maximum Gasteiger partial charge on any atom is 0.416 e. The first kappa shape index (κ1) is 18.3. The summed E-state index contributed by atoms with van der Waals surface area (Å²) in [6.45, 7) is 1.75. The van der Waals surface area contributed by atoms with E-state index in [9.17, 15) is 18.0 Å². The zero-order valence-corrected chi connectivity index (χ0v) is 14.6. The number of aromatic nitrogens is 1. The molecule has 2 aromatic carbocycles. The van der Waals surface area contributed by atoms with Crippen LogP contribution in [0.4, 0.5) is 18.9 Å². The van der Waals surface area contributed by atoms with Crippen molar-refractivity contribution >= 4 is 34.3 Å². The lowest BCUT2D eigenvalue weighted by Gasteiger charge is -2.14. The minimum Gasteiger partial charge on any atom is -0.325 e. The number of anilines is 1. The molecule has 1 amide bonds. The molecule has 1 N–H and O–H groups in total. The Labute approximate surface area is 152 Å². The molecule has 3 nitrogen and oxygen atoms in total. The number of amides is 1. The summed E-state index contributed by atoms with van der Waals surface area (Å²) in [6.07, 6.45) is -2.71. The van der Waals surface area contributed by atoms with E-state index >= 15 is 0 Å². The normalized spacial score (nSPS) is 12.8. The minimum atomic E-state index is -4.39. The van der Waals surface area contributed by atoms with Crippen LogP contribution in [0, 0.1) is 0 Å². The second-order valence-electron chi connectivity index (χ2n) is 5.65. The van der Waals surface area contributed by atoms with E-state index in [4.69, 9.17) is 0 Å². The van der Waals surface area contributed by atoms with E-state index in [1.807, 2.05) is 30.3 Å². The van der Waals surface area contributed by atoms with Gasteiger partial charge in [0, 0.05) is 22.2 Å². The van der Waals surface area contributed by atoms with E-state index in [1.165, 1.54) is 23.9 Å². The average molecular weight is 376 g/mol. The molecule has 0 aliphatic rings. The standard InChI is InChI=1S/C19H15F3N2OS/c1-12(26-17-10-11-23-16-5-3-2-4-15(16)17)18(25)24-14-8-6-13(7-9-14)19(20,21)22/h2-12H,1H3,(H,24,25). The zero-order chi connectivity index (χ0) is 18.7. The van der Waals surface area contributed by atoms with E-state index in [2.05, 4.69) is 10.3 Å². The molecule has 0 bridgehead atoms. The number of pyridine rings is 1. The monoisotopic (exact) mass is 376 g/mol. The van der Waals surface area contributed by atoms with E-state index in [0.717, 1.165) is 27.9 Å². The van der Waals surface area contributed by atoms with Crippen LogP contribution in [0.25, 0.3) is 10.9 Å². The van der Waals surface area contributed by atoms with Gasteiger partial charge in [-0.2, -0.15) is 13.2 Å². The Morgan fingerprint density at radius 3 is 2.46 bits per heavy atom. The number of hydrogen-bond acceptors (Lipinski definition) is 3. The highest BCUT2D eigenvalue weighted by molar-refractivity contribution is 8.00. The van der Waals surface area contributed by atoms with E-state index in [-0.39, 0.29) is 5.91 Å². The van der Waals surface area contributed by atoms with Crippen molar-refractivity contribution in [2.24, 2.45) is 0 Å². The maximum absolute atomic E-state index is 12.6. The number of carbonyl (C=O) groups excluding carboxylic acids is 1. The maximum atomic E-state index is 12.6. The minimum absolute atomic E-state index is 0.282. The molecule has 26 heavy (non-hydrogen) atoms. The lowest BCUT2D eigenvalue weighted by Crippen LogP contribution is -2.22. The largest absolute Gasteiger partial charge is 0.416 e. The number of rotatable bonds is 4. The number of thioether (sulfide) groups is 1. The van der Waals surface area contributed by atoms with Gasteiger partial charge in [-0.05, 0) is 43.3 Å². The van der Waals surface area contributed by atoms with Crippen LogP contribution in [0.2, 0.25) is 0 Å². The molecule has 3 aromatic rings. The molecule has 134 valence electrons. The molecule has 0 radical (unpaired) electrons.